The number of amides is 1. The lowest BCUT2D eigenvalue weighted by Crippen LogP contribution is -2.66. The third-order valence-electron chi connectivity index (χ3n) is 15.6. The maximum absolute atomic E-state index is 14.6. The molecule has 1 heterocycles. The lowest BCUT2D eigenvalue weighted by molar-refractivity contribution is -0.194. The molecule has 48 heavy (non-hydrogen) atoms. The van der Waals surface area contributed by atoms with Crippen LogP contribution in [0.15, 0.2) is 11.6 Å². The molecule has 1 unspecified atom stereocenters. The number of fused-ring (bicyclic) bond motifs is 7. The highest BCUT2D eigenvalue weighted by Gasteiger charge is 2.70. The number of nitrogens with zero attached hydrogens (tertiary/aromatic N) is 1. The van der Waals surface area contributed by atoms with Gasteiger partial charge in [0.15, 0.2) is 5.78 Å². The van der Waals surface area contributed by atoms with Gasteiger partial charge in [-0.25, -0.2) is 0 Å². The van der Waals surface area contributed by atoms with E-state index in [9.17, 15) is 24.3 Å². The van der Waals surface area contributed by atoms with Crippen LogP contribution in [0.4, 0.5) is 0 Å². The number of carboxylic acid groups (broad SMARTS) is 1. The predicted octanol–water partition coefficient (Wildman–Crippen LogP) is 5.66. The Hall–Kier alpha value is -2.26. The van der Waals surface area contributed by atoms with E-state index in [-0.39, 0.29) is 69.0 Å². The number of morpholine rings is 1. The van der Waals surface area contributed by atoms with E-state index in [0.29, 0.717) is 45.6 Å². The van der Waals surface area contributed by atoms with E-state index in [4.69, 9.17) is 9.47 Å². The van der Waals surface area contributed by atoms with Crippen LogP contribution in [0, 0.1) is 56.2 Å². The van der Waals surface area contributed by atoms with Gasteiger partial charge in [-0.15, -0.1) is 0 Å². The number of carbonyl (C=O) groups excluding carboxylic acids is 3. The average molecular weight is 669 g/mol. The van der Waals surface area contributed by atoms with E-state index < -0.39 is 17.4 Å². The molecule has 6 aliphatic rings. The van der Waals surface area contributed by atoms with Crippen molar-refractivity contribution >= 4 is 23.6 Å². The molecule has 1 aliphatic heterocycles. The van der Waals surface area contributed by atoms with Crippen LogP contribution >= 0.6 is 0 Å². The van der Waals surface area contributed by atoms with Gasteiger partial charge in [0.05, 0.1) is 18.6 Å². The van der Waals surface area contributed by atoms with Crippen molar-refractivity contribution < 1.29 is 33.8 Å². The fourth-order valence-corrected chi connectivity index (χ4v) is 12.3. The second-order valence-corrected chi connectivity index (χ2v) is 18.4. The molecular weight excluding hydrogens is 608 g/mol. The molecule has 6 rings (SSSR count). The van der Waals surface area contributed by atoms with Gasteiger partial charge in [0, 0.05) is 31.5 Å². The molecule has 1 amide bonds. The van der Waals surface area contributed by atoms with Crippen LogP contribution < -0.4 is 5.32 Å². The number of ketones is 1. The zero-order valence-corrected chi connectivity index (χ0v) is 30.5. The van der Waals surface area contributed by atoms with Crippen molar-refractivity contribution in [3.05, 3.63) is 11.6 Å². The van der Waals surface area contributed by atoms with Gasteiger partial charge in [-0.2, -0.15) is 0 Å². The molecule has 0 bridgehead atoms. The molecular formula is C39H60N2O7. The van der Waals surface area contributed by atoms with Crippen LogP contribution in [0.5, 0.6) is 0 Å². The van der Waals surface area contributed by atoms with E-state index in [1.165, 1.54) is 5.57 Å². The van der Waals surface area contributed by atoms with Crippen molar-refractivity contribution in [1.29, 1.82) is 0 Å². The highest BCUT2D eigenvalue weighted by atomic mass is 16.5. The molecule has 9 heteroatoms. The molecule has 268 valence electrons. The monoisotopic (exact) mass is 668 g/mol. The summed E-state index contributed by atoms with van der Waals surface area (Å²) in [5, 5.41) is 13.1. The van der Waals surface area contributed by atoms with E-state index in [1.807, 2.05) is 13.0 Å². The van der Waals surface area contributed by atoms with Crippen LogP contribution in [-0.2, 0) is 28.7 Å². The lowest BCUT2D eigenvalue weighted by atomic mass is 9.33. The quantitative estimate of drug-likeness (QED) is 0.334. The third-order valence-corrected chi connectivity index (χ3v) is 15.6. The van der Waals surface area contributed by atoms with Gasteiger partial charge in [-0.3, -0.25) is 24.1 Å². The smallest absolute Gasteiger partial charge is 0.325 e. The van der Waals surface area contributed by atoms with Crippen LogP contribution in [0.25, 0.3) is 0 Å². The number of esters is 1. The lowest BCUT2D eigenvalue weighted by Gasteiger charge is -2.70. The van der Waals surface area contributed by atoms with Gasteiger partial charge < -0.3 is 19.9 Å². The minimum absolute atomic E-state index is 0.0213. The number of hydrogen-bond acceptors (Lipinski definition) is 7. The number of hydrogen-bond donors (Lipinski definition) is 2. The summed E-state index contributed by atoms with van der Waals surface area (Å²) in [6, 6.07) is 0. The Balaban J connectivity index is 1.18. The SMILES string of the molecule is CC1(C)[C@@H](C(=O)NCC(=O)OCCN2CCOCC2)CC[C@]2(C)[C@H]3C(=O)C=C4C5C[C@@](C)(C(=O)O)CC[C@]5(C)CC[C@@]4(C)[C@]3(C)CC[C@@H]12. The van der Waals surface area contributed by atoms with Crippen molar-refractivity contribution in [1.82, 2.24) is 10.2 Å². The van der Waals surface area contributed by atoms with Gasteiger partial charge in [0.25, 0.3) is 0 Å². The second-order valence-electron chi connectivity index (χ2n) is 18.4. The van der Waals surface area contributed by atoms with Gasteiger partial charge in [-0.05, 0) is 110 Å². The Bertz CT molecular complexity index is 1370. The summed E-state index contributed by atoms with van der Waals surface area (Å²) in [7, 11) is 0. The molecule has 0 aromatic carbocycles. The summed E-state index contributed by atoms with van der Waals surface area (Å²) < 4.78 is 10.8. The molecule has 9 nitrogen and oxygen atoms in total. The Kier molecular flexibility index (Phi) is 9.04. The number of nitrogens with one attached hydrogen (secondary N) is 1. The van der Waals surface area contributed by atoms with Gasteiger partial charge >= 0.3 is 11.9 Å². The van der Waals surface area contributed by atoms with Crippen molar-refractivity contribution in [2.75, 3.05) is 46.0 Å². The molecule has 0 aromatic heterocycles. The van der Waals surface area contributed by atoms with Crippen LogP contribution in [0.1, 0.15) is 106 Å². The summed E-state index contributed by atoms with van der Waals surface area (Å²) in [6.07, 6.45) is 9.54. The first-order chi connectivity index (χ1) is 22.4. The Morgan fingerprint density at radius 3 is 2.33 bits per heavy atom. The first kappa shape index (κ1) is 35.6. The van der Waals surface area contributed by atoms with Crippen molar-refractivity contribution in [2.45, 2.75) is 106 Å². The first-order valence-electron chi connectivity index (χ1n) is 18.6. The third kappa shape index (κ3) is 5.48. The van der Waals surface area contributed by atoms with Crippen LogP contribution in [0.2, 0.25) is 0 Å². The highest BCUT2D eigenvalue weighted by molar-refractivity contribution is 5.96. The normalized spacial score (nSPS) is 43.8. The Labute approximate surface area is 287 Å². The minimum atomic E-state index is -0.768. The number of carbonyl (C=O) groups is 4. The summed E-state index contributed by atoms with van der Waals surface area (Å²) in [5.74, 6) is -1.17. The number of allylic oxidation sites excluding steroid dienone is 2. The summed E-state index contributed by atoms with van der Waals surface area (Å²) in [5.41, 5.74) is -0.574. The maximum atomic E-state index is 14.6. The minimum Gasteiger partial charge on any atom is -0.481 e. The van der Waals surface area contributed by atoms with E-state index in [1.54, 1.807) is 0 Å². The number of rotatable bonds is 7. The fraction of sp³-hybridized carbons (Fsp3) is 0.846. The van der Waals surface area contributed by atoms with E-state index in [0.717, 1.165) is 51.6 Å². The standard InChI is InChI=1S/C39H60N2O7/c1-34(2)25(32(44)40-24-30(43)48-21-18-41-16-19-47-20-17-41)8-10-37(5)29(34)9-11-39(7)31(37)28(42)22-26-27-23-36(4,33(45)46)13-12-35(27,3)14-15-38(26,39)6/h22,25,27,29,31H,8-21,23-24H2,1-7H3,(H,40,44)(H,45,46)/t25-,27?,29+,31-,35-,36+,37+,38-,39-/m1/s1. The molecule has 5 fully saturated rings. The highest BCUT2D eigenvalue weighted by Crippen LogP contribution is 2.75. The molecule has 5 aliphatic carbocycles. The molecule has 4 saturated carbocycles. The molecule has 1 saturated heterocycles. The zero-order valence-electron chi connectivity index (χ0n) is 30.5. The topological polar surface area (TPSA) is 122 Å². The largest absolute Gasteiger partial charge is 0.481 e. The van der Waals surface area contributed by atoms with Crippen molar-refractivity contribution in [3.63, 3.8) is 0 Å². The fourth-order valence-electron chi connectivity index (χ4n) is 12.3. The van der Waals surface area contributed by atoms with Crippen LogP contribution in [-0.4, -0.2) is 79.6 Å². The maximum Gasteiger partial charge on any atom is 0.325 e. The van der Waals surface area contributed by atoms with E-state index in [2.05, 4.69) is 51.8 Å². The molecule has 0 spiro atoms. The number of aliphatic carboxylic acids is 1. The molecule has 9 atom stereocenters. The van der Waals surface area contributed by atoms with Crippen LogP contribution in [0.3, 0.4) is 0 Å². The summed E-state index contributed by atoms with van der Waals surface area (Å²) in [6.45, 7) is 19.6. The molecule has 0 radical (unpaired) electrons. The Morgan fingerprint density at radius 2 is 1.65 bits per heavy atom. The summed E-state index contributed by atoms with van der Waals surface area (Å²) in [4.78, 5) is 55.4. The number of ether oxygens (including phenoxy) is 2. The van der Waals surface area contributed by atoms with Crippen molar-refractivity contribution in [3.8, 4) is 0 Å². The van der Waals surface area contributed by atoms with Gasteiger partial charge in [0.1, 0.15) is 13.2 Å². The number of carboxylic acids is 1. The molecule has 2 N–H and O–H groups in total. The first-order valence-corrected chi connectivity index (χ1v) is 18.6. The van der Waals surface area contributed by atoms with E-state index >= 15 is 0 Å². The second kappa shape index (κ2) is 12.2. The predicted molar refractivity (Wildman–Crippen MR) is 182 cm³/mol. The Morgan fingerprint density at radius 1 is 0.958 bits per heavy atom. The van der Waals surface area contributed by atoms with Gasteiger partial charge in [0.2, 0.25) is 5.91 Å². The zero-order chi connectivity index (χ0) is 34.9. The van der Waals surface area contributed by atoms with Crippen molar-refractivity contribution in [2.24, 2.45) is 56.2 Å². The average Bonchev–Trinajstić information content (AvgIpc) is 3.02. The summed E-state index contributed by atoms with van der Waals surface area (Å²) >= 11 is 0. The van der Waals surface area contributed by atoms with Gasteiger partial charge in [-0.1, -0.05) is 47.1 Å². The molecule has 0 aromatic rings.